The molecule has 0 aliphatic carbocycles. The van der Waals surface area contributed by atoms with Crippen molar-refractivity contribution in [1.82, 2.24) is 15.0 Å². The molecule has 4 aromatic rings. The summed E-state index contributed by atoms with van der Waals surface area (Å²) in [6, 6.07) is 14.2. The Labute approximate surface area is 155 Å². The highest BCUT2D eigenvalue weighted by Gasteiger charge is 2.10. The van der Waals surface area contributed by atoms with Gasteiger partial charge in [-0.1, -0.05) is 6.07 Å². The molecule has 0 saturated carbocycles. The maximum absolute atomic E-state index is 14.2. The number of rotatable bonds is 4. The zero-order valence-electron chi connectivity index (χ0n) is 14.9. The largest absolute Gasteiger partial charge is 0.455 e. The van der Waals surface area contributed by atoms with Crippen LogP contribution in [0.5, 0.6) is 11.5 Å². The fourth-order valence-corrected chi connectivity index (χ4v) is 2.78. The van der Waals surface area contributed by atoms with E-state index in [1.54, 1.807) is 18.3 Å². The summed E-state index contributed by atoms with van der Waals surface area (Å²) in [5, 5.41) is 3.53. The molecule has 1 N–H and O–H groups in total. The Morgan fingerprint density at radius 3 is 2.63 bits per heavy atom. The second kappa shape index (κ2) is 6.99. The van der Waals surface area contributed by atoms with Crippen molar-refractivity contribution in [3.8, 4) is 11.5 Å². The zero-order chi connectivity index (χ0) is 18.8. The third-order valence-corrected chi connectivity index (χ3v) is 4.16. The van der Waals surface area contributed by atoms with Crippen molar-refractivity contribution in [3.05, 3.63) is 78.1 Å². The van der Waals surface area contributed by atoms with E-state index in [1.807, 2.05) is 44.2 Å². The Morgan fingerprint density at radius 2 is 1.85 bits per heavy atom. The van der Waals surface area contributed by atoms with E-state index in [2.05, 4.69) is 20.3 Å². The number of aryl methyl sites for hydroxylation is 2. The van der Waals surface area contributed by atoms with Gasteiger partial charge in [-0.2, -0.15) is 0 Å². The van der Waals surface area contributed by atoms with Crippen molar-refractivity contribution in [2.45, 2.75) is 13.8 Å². The SMILES string of the molecule is Cc1ccc(Oc2ccc(Nc3ncnc4cccc(F)c34)cc2C)cn1. The highest BCUT2D eigenvalue weighted by molar-refractivity contribution is 5.91. The molecule has 2 heterocycles. The van der Waals surface area contributed by atoms with Crippen molar-refractivity contribution in [1.29, 1.82) is 0 Å². The number of aromatic nitrogens is 3. The quantitative estimate of drug-likeness (QED) is 0.534. The van der Waals surface area contributed by atoms with Crippen LogP contribution in [0.25, 0.3) is 10.9 Å². The molecule has 0 amide bonds. The van der Waals surface area contributed by atoms with Crippen LogP contribution in [0.2, 0.25) is 0 Å². The number of hydrogen-bond donors (Lipinski definition) is 1. The number of fused-ring (bicyclic) bond motifs is 1. The number of benzene rings is 2. The number of ether oxygens (including phenoxy) is 1. The van der Waals surface area contributed by atoms with E-state index in [0.29, 0.717) is 22.5 Å². The number of halogens is 1. The van der Waals surface area contributed by atoms with E-state index in [9.17, 15) is 4.39 Å². The predicted octanol–water partition coefficient (Wildman–Crippen LogP) is 5.32. The first-order valence-corrected chi connectivity index (χ1v) is 8.47. The Hall–Kier alpha value is -3.54. The fraction of sp³-hybridized carbons (Fsp3) is 0.0952. The summed E-state index contributed by atoms with van der Waals surface area (Å²) in [5.41, 5.74) is 3.20. The van der Waals surface area contributed by atoms with Crippen LogP contribution in [0.1, 0.15) is 11.3 Å². The van der Waals surface area contributed by atoms with E-state index in [0.717, 1.165) is 22.7 Å². The van der Waals surface area contributed by atoms with Crippen LogP contribution < -0.4 is 10.1 Å². The smallest absolute Gasteiger partial charge is 0.145 e. The number of pyridine rings is 1. The van der Waals surface area contributed by atoms with Gasteiger partial charge in [0.1, 0.15) is 29.5 Å². The van der Waals surface area contributed by atoms with Crippen molar-refractivity contribution in [2.75, 3.05) is 5.32 Å². The first kappa shape index (κ1) is 16.9. The van der Waals surface area contributed by atoms with Crippen LogP contribution in [-0.4, -0.2) is 15.0 Å². The number of anilines is 2. The van der Waals surface area contributed by atoms with E-state index < -0.39 is 0 Å². The normalized spacial score (nSPS) is 10.8. The molecule has 0 radical (unpaired) electrons. The van der Waals surface area contributed by atoms with Crippen LogP contribution in [0, 0.1) is 19.7 Å². The lowest BCUT2D eigenvalue weighted by Gasteiger charge is -2.12. The molecule has 0 unspecified atom stereocenters. The Morgan fingerprint density at radius 1 is 0.963 bits per heavy atom. The van der Waals surface area contributed by atoms with E-state index >= 15 is 0 Å². The fourth-order valence-electron chi connectivity index (χ4n) is 2.78. The van der Waals surface area contributed by atoms with Crippen LogP contribution in [0.3, 0.4) is 0 Å². The van der Waals surface area contributed by atoms with Gasteiger partial charge < -0.3 is 10.1 Å². The molecule has 0 spiro atoms. The minimum Gasteiger partial charge on any atom is -0.455 e. The standard InChI is InChI=1S/C21H17FN4O/c1-13-10-15(7-9-19(13)27-16-8-6-14(2)23-11-16)26-21-20-17(22)4-3-5-18(20)24-12-25-21/h3-12H,1-2H3,(H,24,25,26). The van der Waals surface area contributed by atoms with Gasteiger partial charge >= 0.3 is 0 Å². The van der Waals surface area contributed by atoms with Gasteiger partial charge in [0.15, 0.2) is 0 Å². The molecular weight excluding hydrogens is 343 g/mol. The Kier molecular flexibility index (Phi) is 4.38. The number of nitrogens with zero attached hydrogens (tertiary/aromatic N) is 3. The van der Waals surface area contributed by atoms with E-state index in [-0.39, 0.29) is 5.82 Å². The molecule has 0 aliphatic heterocycles. The molecule has 0 saturated heterocycles. The zero-order valence-corrected chi connectivity index (χ0v) is 14.9. The summed E-state index contributed by atoms with van der Waals surface area (Å²) < 4.78 is 20.1. The van der Waals surface area contributed by atoms with Gasteiger partial charge in [-0.3, -0.25) is 4.98 Å². The molecule has 5 nitrogen and oxygen atoms in total. The van der Waals surface area contributed by atoms with Gasteiger partial charge in [0.25, 0.3) is 0 Å². The van der Waals surface area contributed by atoms with Crippen LogP contribution in [0.15, 0.2) is 61.1 Å². The molecule has 6 heteroatoms. The molecule has 4 rings (SSSR count). The molecule has 2 aromatic carbocycles. The summed E-state index contributed by atoms with van der Waals surface area (Å²) in [6.07, 6.45) is 3.11. The molecule has 27 heavy (non-hydrogen) atoms. The van der Waals surface area contributed by atoms with Crippen LogP contribution >= 0.6 is 0 Å². The van der Waals surface area contributed by atoms with E-state index in [1.165, 1.54) is 12.4 Å². The third-order valence-electron chi connectivity index (χ3n) is 4.16. The van der Waals surface area contributed by atoms with Gasteiger partial charge in [-0.15, -0.1) is 0 Å². The van der Waals surface area contributed by atoms with Crippen molar-refractivity contribution in [3.63, 3.8) is 0 Å². The Bertz CT molecular complexity index is 1110. The van der Waals surface area contributed by atoms with Crippen LogP contribution in [0.4, 0.5) is 15.9 Å². The van der Waals surface area contributed by atoms with Gasteiger partial charge in [0, 0.05) is 11.4 Å². The summed E-state index contributed by atoms with van der Waals surface area (Å²) in [4.78, 5) is 12.5. The highest BCUT2D eigenvalue weighted by Crippen LogP contribution is 2.30. The maximum atomic E-state index is 14.2. The summed E-state index contributed by atoms with van der Waals surface area (Å²) in [5.74, 6) is 1.46. The maximum Gasteiger partial charge on any atom is 0.145 e. The molecule has 0 fully saturated rings. The lowest BCUT2D eigenvalue weighted by Crippen LogP contribution is -1.98. The molecule has 0 bridgehead atoms. The molecule has 0 atom stereocenters. The predicted molar refractivity (Wildman–Crippen MR) is 103 cm³/mol. The first-order valence-electron chi connectivity index (χ1n) is 8.47. The minimum atomic E-state index is -0.362. The monoisotopic (exact) mass is 360 g/mol. The van der Waals surface area contributed by atoms with Crippen LogP contribution in [-0.2, 0) is 0 Å². The number of nitrogens with one attached hydrogen (secondary N) is 1. The Balaban J connectivity index is 1.61. The van der Waals surface area contributed by atoms with Gasteiger partial charge in [0.05, 0.1) is 17.1 Å². The molecule has 0 aliphatic rings. The van der Waals surface area contributed by atoms with Gasteiger partial charge in [-0.05, 0) is 61.9 Å². The minimum absolute atomic E-state index is 0.362. The van der Waals surface area contributed by atoms with Crippen molar-refractivity contribution < 1.29 is 9.13 Å². The number of hydrogen-bond acceptors (Lipinski definition) is 5. The second-order valence-corrected chi connectivity index (χ2v) is 6.20. The van der Waals surface area contributed by atoms with Crippen molar-refractivity contribution in [2.24, 2.45) is 0 Å². The summed E-state index contributed by atoms with van der Waals surface area (Å²) in [6.45, 7) is 3.87. The second-order valence-electron chi connectivity index (χ2n) is 6.20. The van der Waals surface area contributed by atoms with Gasteiger partial charge in [-0.25, -0.2) is 14.4 Å². The van der Waals surface area contributed by atoms with Gasteiger partial charge in [0.2, 0.25) is 0 Å². The lowest BCUT2D eigenvalue weighted by molar-refractivity contribution is 0.476. The average Bonchev–Trinajstić information content (AvgIpc) is 2.66. The summed E-state index contributed by atoms with van der Waals surface area (Å²) in [7, 11) is 0. The topological polar surface area (TPSA) is 59.9 Å². The summed E-state index contributed by atoms with van der Waals surface area (Å²) >= 11 is 0. The molecular formula is C21H17FN4O. The molecule has 134 valence electrons. The third kappa shape index (κ3) is 3.55. The lowest BCUT2D eigenvalue weighted by atomic mass is 10.2. The van der Waals surface area contributed by atoms with E-state index in [4.69, 9.17) is 4.74 Å². The first-order chi connectivity index (χ1) is 13.1. The molecule has 2 aromatic heterocycles. The van der Waals surface area contributed by atoms with Crippen molar-refractivity contribution >= 4 is 22.4 Å². The average molecular weight is 360 g/mol. The highest BCUT2D eigenvalue weighted by atomic mass is 19.1.